The molecule has 0 saturated carbocycles. The summed E-state index contributed by atoms with van der Waals surface area (Å²) < 4.78 is 39.6. The fourth-order valence-electron chi connectivity index (χ4n) is 2.89. The van der Waals surface area contributed by atoms with Gasteiger partial charge in [0.05, 0.1) is 12.2 Å². The fourth-order valence-corrected chi connectivity index (χ4v) is 2.89. The third-order valence-electron chi connectivity index (χ3n) is 4.11. The number of H-pyrrole nitrogens is 1. The molecule has 1 unspecified atom stereocenters. The number of hydrogen-bond donors (Lipinski definition) is 1. The van der Waals surface area contributed by atoms with Crippen molar-refractivity contribution >= 4 is 11.8 Å². The Morgan fingerprint density at radius 2 is 2.04 bits per heavy atom. The van der Waals surface area contributed by atoms with Crippen LogP contribution >= 0.6 is 0 Å². The molecule has 1 fully saturated rings. The van der Waals surface area contributed by atoms with Crippen molar-refractivity contribution in [3.63, 3.8) is 0 Å². The maximum Gasteiger partial charge on any atom is 0.433 e. The van der Waals surface area contributed by atoms with Crippen LogP contribution in [0.2, 0.25) is 0 Å². The Balaban J connectivity index is 2.04. The maximum atomic E-state index is 13.2. The summed E-state index contributed by atoms with van der Waals surface area (Å²) in [6.07, 6.45) is 1.68. The number of hydrogen-bond acceptors (Lipinski definition) is 5. The summed E-state index contributed by atoms with van der Waals surface area (Å²) in [6, 6.07) is 0.899. The quantitative estimate of drug-likeness (QED) is 0.931. The lowest BCUT2D eigenvalue weighted by molar-refractivity contribution is -0.141. The lowest BCUT2D eigenvalue weighted by Gasteiger charge is -2.35. The lowest BCUT2D eigenvalue weighted by atomic mass is 9.98. The number of aromatic nitrogens is 4. The van der Waals surface area contributed by atoms with E-state index in [2.05, 4.69) is 20.2 Å². The van der Waals surface area contributed by atoms with Crippen LogP contribution in [0.4, 0.5) is 24.9 Å². The molecule has 3 heterocycles. The number of halogens is 3. The monoisotopic (exact) mass is 340 g/mol. The van der Waals surface area contributed by atoms with E-state index in [1.165, 1.54) is 0 Å². The zero-order valence-corrected chi connectivity index (χ0v) is 13.5. The molecule has 0 aliphatic carbocycles. The van der Waals surface area contributed by atoms with Crippen LogP contribution < -0.4 is 9.80 Å². The summed E-state index contributed by atoms with van der Waals surface area (Å²) >= 11 is 0. The average Bonchev–Trinajstić information content (AvgIpc) is 3.08. The van der Waals surface area contributed by atoms with Crippen LogP contribution in [0.3, 0.4) is 0 Å². The fraction of sp³-hybridized carbons (Fsp3) is 0.533. The highest BCUT2D eigenvalue weighted by atomic mass is 19.4. The standard InChI is InChI=1S/C15H19F3N6/c1-23(2)13-7-12(15(16,17)18)21-14(22-13)24-6-4-3-5-11(24)10-8-19-20-9-10/h7-9,11H,3-6H2,1-2H3,(H,19,20). The van der Waals surface area contributed by atoms with Crippen molar-refractivity contribution in [1.29, 1.82) is 0 Å². The van der Waals surface area contributed by atoms with Crippen molar-refractivity contribution in [2.24, 2.45) is 0 Å². The number of alkyl halides is 3. The maximum absolute atomic E-state index is 13.2. The van der Waals surface area contributed by atoms with Crippen LogP contribution in [0.1, 0.15) is 36.6 Å². The Labute approximate surface area is 137 Å². The van der Waals surface area contributed by atoms with Crippen molar-refractivity contribution in [2.45, 2.75) is 31.5 Å². The molecular formula is C15H19F3N6. The summed E-state index contributed by atoms with van der Waals surface area (Å²) in [7, 11) is 3.33. The molecule has 1 aliphatic heterocycles. The van der Waals surface area contributed by atoms with E-state index in [1.54, 1.807) is 31.4 Å². The topological polar surface area (TPSA) is 60.9 Å². The van der Waals surface area contributed by atoms with Gasteiger partial charge in [-0.05, 0) is 19.3 Å². The molecule has 1 aliphatic rings. The molecule has 24 heavy (non-hydrogen) atoms. The van der Waals surface area contributed by atoms with E-state index in [0.29, 0.717) is 6.54 Å². The SMILES string of the molecule is CN(C)c1cc(C(F)(F)F)nc(N2CCCCC2c2cn[nH]c2)n1. The van der Waals surface area contributed by atoms with Crippen molar-refractivity contribution in [2.75, 3.05) is 30.4 Å². The Kier molecular flexibility index (Phi) is 4.33. The highest BCUT2D eigenvalue weighted by Gasteiger charge is 2.35. The van der Waals surface area contributed by atoms with Gasteiger partial charge in [-0.3, -0.25) is 5.10 Å². The van der Waals surface area contributed by atoms with Gasteiger partial charge in [0.15, 0.2) is 5.69 Å². The first-order chi connectivity index (χ1) is 11.4. The smallest absolute Gasteiger partial charge is 0.363 e. The predicted molar refractivity (Wildman–Crippen MR) is 83.9 cm³/mol. The summed E-state index contributed by atoms with van der Waals surface area (Å²) in [4.78, 5) is 11.5. The number of nitrogens with one attached hydrogen (secondary N) is 1. The molecule has 0 aromatic carbocycles. The largest absolute Gasteiger partial charge is 0.433 e. The van der Waals surface area contributed by atoms with Crippen molar-refractivity contribution in [3.05, 3.63) is 29.7 Å². The molecule has 130 valence electrons. The van der Waals surface area contributed by atoms with Crippen LogP contribution in [-0.4, -0.2) is 40.8 Å². The van der Waals surface area contributed by atoms with Crippen molar-refractivity contribution in [1.82, 2.24) is 20.2 Å². The first kappa shape index (κ1) is 16.5. The second-order valence-electron chi connectivity index (χ2n) is 6.04. The van der Waals surface area contributed by atoms with Crippen LogP contribution in [0.5, 0.6) is 0 Å². The Hall–Kier alpha value is -2.32. The Morgan fingerprint density at radius 1 is 1.25 bits per heavy atom. The van der Waals surface area contributed by atoms with Gasteiger partial charge in [0, 0.05) is 38.5 Å². The van der Waals surface area contributed by atoms with Crippen molar-refractivity contribution < 1.29 is 13.2 Å². The number of anilines is 2. The summed E-state index contributed by atoms with van der Waals surface area (Å²) in [5.74, 6) is 0.350. The first-order valence-corrected chi connectivity index (χ1v) is 7.75. The molecule has 1 N–H and O–H groups in total. The van der Waals surface area contributed by atoms with Gasteiger partial charge in [0.25, 0.3) is 0 Å². The highest BCUT2D eigenvalue weighted by Crippen LogP contribution is 2.36. The van der Waals surface area contributed by atoms with Gasteiger partial charge >= 0.3 is 6.18 Å². The molecule has 0 spiro atoms. The zero-order chi connectivity index (χ0) is 17.3. The number of rotatable bonds is 3. The van der Waals surface area contributed by atoms with E-state index >= 15 is 0 Å². The summed E-state index contributed by atoms with van der Waals surface area (Å²) in [5.41, 5.74) is 0.00910. The molecule has 3 rings (SSSR count). The van der Waals surface area contributed by atoms with Crippen molar-refractivity contribution in [3.8, 4) is 0 Å². The minimum atomic E-state index is -4.51. The molecule has 9 heteroatoms. The Morgan fingerprint density at radius 3 is 2.67 bits per heavy atom. The molecule has 0 bridgehead atoms. The van der Waals surface area contributed by atoms with E-state index in [9.17, 15) is 13.2 Å². The van der Waals surface area contributed by atoms with Gasteiger partial charge in [-0.25, -0.2) is 4.98 Å². The van der Waals surface area contributed by atoms with Gasteiger partial charge in [0.1, 0.15) is 5.82 Å². The summed E-state index contributed by atoms with van der Waals surface area (Å²) in [5, 5.41) is 6.71. The second-order valence-corrected chi connectivity index (χ2v) is 6.04. The van der Waals surface area contributed by atoms with E-state index in [-0.39, 0.29) is 17.8 Å². The van der Waals surface area contributed by atoms with Crippen LogP contribution in [-0.2, 0) is 6.18 Å². The molecule has 2 aromatic heterocycles. The number of nitrogens with zero attached hydrogens (tertiary/aromatic N) is 5. The van der Waals surface area contributed by atoms with Crippen LogP contribution in [0.25, 0.3) is 0 Å². The van der Waals surface area contributed by atoms with Gasteiger partial charge in [-0.15, -0.1) is 0 Å². The third kappa shape index (κ3) is 3.29. The van der Waals surface area contributed by atoms with E-state index < -0.39 is 11.9 Å². The minimum Gasteiger partial charge on any atom is -0.363 e. The lowest BCUT2D eigenvalue weighted by Crippen LogP contribution is -2.35. The van der Waals surface area contributed by atoms with Crippen LogP contribution in [0, 0.1) is 0 Å². The van der Waals surface area contributed by atoms with E-state index in [4.69, 9.17) is 0 Å². The predicted octanol–water partition coefficient (Wildman–Crippen LogP) is 3.02. The Bertz CT molecular complexity index is 683. The number of aromatic amines is 1. The van der Waals surface area contributed by atoms with E-state index in [0.717, 1.165) is 30.9 Å². The molecule has 6 nitrogen and oxygen atoms in total. The summed E-state index contributed by atoms with van der Waals surface area (Å²) in [6.45, 7) is 0.615. The van der Waals surface area contributed by atoms with Gasteiger partial charge in [-0.2, -0.15) is 23.3 Å². The second kappa shape index (κ2) is 6.29. The molecule has 0 radical (unpaired) electrons. The minimum absolute atomic E-state index is 0.0732. The van der Waals surface area contributed by atoms with Crippen LogP contribution in [0.15, 0.2) is 18.5 Å². The average molecular weight is 340 g/mol. The highest BCUT2D eigenvalue weighted by molar-refractivity contribution is 5.47. The molecular weight excluding hydrogens is 321 g/mol. The van der Waals surface area contributed by atoms with E-state index in [1.807, 2.05) is 4.90 Å². The van der Waals surface area contributed by atoms with Gasteiger partial charge in [-0.1, -0.05) is 0 Å². The molecule has 0 amide bonds. The zero-order valence-electron chi connectivity index (χ0n) is 13.5. The third-order valence-corrected chi connectivity index (χ3v) is 4.11. The molecule has 2 aromatic rings. The molecule has 1 atom stereocenters. The first-order valence-electron chi connectivity index (χ1n) is 7.75. The number of piperidine rings is 1. The van der Waals surface area contributed by atoms with Gasteiger partial charge in [0.2, 0.25) is 5.95 Å². The van der Waals surface area contributed by atoms with Gasteiger partial charge < -0.3 is 9.80 Å². The normalized spacial score (nSPS) is 18.7. The molecule has 1 saturated heterocycles.